The van der Waals surface area contributed by atoms with Gasteiger partial charge in [0.25, 0.3) is 0 Å². The van der Waals surface area contributed by atoms with E-state index in [0.29, 0.717) is 0 Å². The molecule has 2 rings (SSSR count). The van der Waals surface area contributed by atoms with Crippen LogP contribution >= 0.6 is 0 Å². The van der Waals surface area contributed by atoms with E-state index in [1.54, 1.807) is 0 Å². The molecule has 1 aromatic carbocycles. The molecule has 0 radical (unpaired) electrons. The zero-order chi connectivity index (χ0) is 16.1. The van der Waals surface area contributed by atoms with Gasteiger partial charge in [0.1, 0.15) is 0 Å². The third-order valence-electron chi connectivity index (χ3n) is 5.99. The van der Waals surface area contributed by atoms with Gasteiger partial charge >= 0.3 is 0 Å². The molecule has 0 aromatic heterocycles. The Kier molecular flexibility index (Phi) is 4.04. The second-order valence-corrected chi connectivity index (χ2v) is 8.89. The summed E-state index contributed by atoms with van der Waals surface area (Å²) in [6, 6.07) is 7.12. The van der Waals surface area contributed by atoms with Crippen molar-refractivity contribution < 1.29 is 0 Å². The van der Waals surface area contributed by atoms with Crippen LogP contribution in [0.3, 0.4) is 0 Å². The lowest BCUT2D eigenvalue weighted by Gasteiger charge is -2.42. The van der Waals surface area contributed by atoms with E-state index in [1.165, 1.54) is 29.5 Å². The van der Waals surface area contributed by atoms with Crippen LogP contribution in [0.25, 0.3) is 0 Å². The van der Waals surface area contributed by atoms with Crippen LogP contribution in [0, 0.1) is 5.41 Å². The van der Waals surface area contributed by atoms with Crippen LogP contribution in [0.1, 0.15) is 90.5 Å². The second-order valence-electron chi connectivity index (χ2n) is 8.89. The lowest BCUT2D eigenvalue weighted by Crippen LogP contribution is -2.35. The SMILES string of the molecule is CCC(C)(C)C(N)c1ccc2c(c1)C(C)(C)CCC2(C)C. The summed E-state index contributed by atoms with van der Waals surface area (Å²) in [4.78, 5) is 0. The summed E-state index contributed by atoms with van der Waals surface area (Å²) in [7, 11) is 0. The summed E-state index contributed by atoms with van der Waals surface area (Å²) in [5, 5.41) is 0. The van der Waals surface area contributed by atoms with E-state index in [4.69, 9.17) is 5.73 Å². The van der Waals surface area contributed by atoms with Crippen LogP contribution in [-0.2, 0) is 10.8 Å². The van der Waals surface area contributed by atoms with E-state index in [9.17, 15) is 0 Å². The van der Waals surface area contributed by atoms with Gasteiger partial charge in [-0.05, 0) is 52.2 Å². The highest BCUT2D eigenvalue weighted by atomic mass is 14.7. The molecular formula is C20H33N. The lowest BCUT2D eigenvalue weighted by molar-refractivity contribution is 0.277. The molecule has 0 aliphatic heterocycles. The van der Waals surface area contributed by atoms with Gasteiger partial charge in [0.2, 0.25) is 0 Å². The Morgan fingerprint density at radius 2 is 1.57 bits per heavy atom. The molecule has 1 atom stereocenters. The maximum Gasteiger partial charge on any atom is 0.0346 e. The van der Waals surface area contributed by atoms with Crippen molar-refractivity contribution in [3.05, 3.63) is 34.9 Å². The minimum Gasteiger partial charge on any atom is -0.324 e. The van der Waals surface area contributed by atoms with Gasteiger partial charge in [-0.2, -0.15) is 0 Å². The predicted molar refractivity (Wildman–Crippen MR) is 92.7 cm³/mol. The largest absolute Gasteiger partial charge is 0.324 e. The van der Waals surface area contributed by atoms with Gasteiger partial charge in [0, 0.05) is 6.04 Å². The fraction of sp³-hybridized carbons (Fsp3) is 0.700. The van der Waals surface area contributed by atoms with Crippen molar-refractivity contribution in [1.29, 1.82) is 0 Å². The summed E-state index contributed by atoms with van der Waals surface area (Å²) in [6.45, 7) is 16.3. The van der Waals surface area contributed by atoms with Crippen LogP contribution in [0.4, 0.5) is 0 Å². The average Bonchev–Trinajstić information content (AvgIpc) is 2.43. The molecule has 118 valence electrons. The minimum absolute atomic E-state index is 0.105. The molecule has 0 saturated heterocycles. The number of hydrogen-bond donors (Lipinski definition) is 1. The average molecular weight is 287 g/mol. The maximum absolute atomic E-state index is 6.57. The molecule has 1 aromatic rings. The summed E-state index contributed by atoms with van der Waals surface area (Å²) in [5.41, 5.74) is 11.6. The van der Waals surface area contributed by atoms with Gasteiger partial charge in [-0.3, -0.25) is 0 Å². The maximum atomic E-state index is 6.57. The Hall–Kier alpha value is -0.820. The lowest BCUT2D eigenvalue weighted by atomic mass is 9.62. The first-order chi connectivity index (χ1) is 9.51. The monoisotopic (exact) mass is 287 g/mol. The topological polar surface area (TPSA) is 26.0 Å². The van der Waals surface area contributed by atoms with Crippen LogP contribution in [0.15, 0.2) is 18.2 Å². The van der Waals surface area contributed by atoms with Crippen molar-refractivity contribution >= 4 is 0 Å². The summed E-state index contributed by atoms with van der Waals surface area (Å²) < 4.78 is 0. The molecule has 1 nitrogen and oxygen atoms in total. The van der Waals surface area contributed by atoms with Crippen LogP contribution in [-0.4, -0.2) is 0 Å². The van der Waals surface area contributed by atoms with Crippen molar-refractivity contribution in [2.75, 3.05) is 0 Å². The predicted octanol–water partition coefficient (Wildman–Crippen LogP) is 5.47. The smallest absolute Gasteiger partial charge is 0.0346 e. The fourth-order valence-electron chi connectivity index (χ4n) is 3.47. The Bertz CT molecular complexity index is 523. The van der Waals surface area contributed by atoms with E-state index in [2.05, 4.69) is 66.7 Å². The zero-order valence-electron chi connectivity index (χ0n) is 15.0. The molecule has 0 spiro atoms. The molecule has 1 aliphatic carbocycles. The van der Waals surface area contributed by atoms with E-state index >= 15 is 0 Å². The molecule has 1 heteroatoms. The molecule has 1 unspecified atom stereocenters. The van der Waals surface area contributed by atoms with Gasteiger partial charge in [0.15, 0.2) is 0 Å². The molecule has 2 N–H and O–H groups in total. The van der Waals surface area contributed by atoms with Crippen LogP contribution < -0.4 is 5.73 Å². The Morgan fingerprint density at radius 3 is 2.10 bits per heavy atom. The molecule has 0 fully saturated rings. The quantitative estimate of drug-likeness (QED) is 0.783. The third-order valence-corrected chi connectivity index (χ3v) is 5.99. The standard InChI is InChI=1S/C20H33N/c1-8-18(2,3)17(21)14-9-10-15-16(13-14)20(6,7)12-11-19(15,4)5/h9-10,13,17H,8,11-12,21H2,1-7H3. The molecule has 21 heavy (non-hydrogen) atoms. The van der Waals surface area contributed by atoms with Crippen molar-refractivity contribution in [2.45, 2.75) is 84.6 Å². The van der Waals surface area contributed by atoms with Gasteiger partial charge in [-0.25, -0.2) is 0 Å². The van der Waals surface area contributed by atoms with Gasteiger partial charge in [0.05, 0.1) is 0 Å². The van der Waals surface area contributed by atoms with Crippen molar-refractivity contribution in [2.24, 2.45) is 11.1 Å². The fourth-order valence-corrected chi connectivity index (χ4v) is 3.47. The number of benzene rings is 1. The molecular weight excluding hydrogens is 254 g/mol. The summed E-state index contributed by atoms with van der Waals surface area (Å²) in [6.07, 6.45) is 3.61. The first-order valence-corrected chi connectivity index (χ1v) is 8.42. The highest BCUT2D eigenvalue weighted by Crippen LogP contribution is 2.47. The van der Waals surface area contributed by atoms with E-state index < -0.39 is 0 Å². The number of rotatable bonds is 3. The van der Waals surface area contributed by atoms with Crippen molar-refractivity contribution in [1.82, 2.24) is 0 Å². The Labute approximate surface area is 131 Å². The zero-order valence-corrected chi connectivity index (χ0v) is 15.0. The molecule has 0 heterocycles. The number of fused-ring (bicyclic) bond motifs is 1. The van der Waals surface area contributed by atoms with Gasteiger partial charge in [-0.1, -0.05) is 66.7 Å². The van der Waals surface area contributed by atoms with Crippen LogP contribution in [0.5, 0.6) is 0 Å². The molecule has 0 saturated carbocycles. The van der Waals surface area contributed by atoms with Crippen molar-refractivity contribution in [3.63, 3.8) is 0 Å². The van der Waals surface area contributed by atoms with Crippen molar-refractivity contribution in [3.8, 4) is 0 Å². The Balaban J connectivity index is 2.52. The third kappa shape index (κ3) is 2.90. The first-order valence-electron chi connectivity index (χ1n) is 8.42. The normalized spacial score (nSPS) is 21.7. The Morgan fingerprint density at radius 1 is 1.05 bits per heavy atom. The molecule has 0 amide bonds. The highest BCUT2D eigenvalue weighted by molar-refractivity contribution is 5.44. The minimum atomic E-state index is 0.105. The first kappa shape index (κ1) is 16.5. The summed E-state index contributed by atoms with van der Waals surface area (Å²) in [5.74, 6) is 0. The van der Waals surface area contributed by atoms with Gasteiger partial charge < -0.3 is 5.73 Å². The van der Waals surface area contributed by atoms with E-state index in [0.717, 1.165) is 6.42 Å². The number of hydrogen-bond acceptors (Lipinski definition) is 1. The van der Waals surface area contributed by atoms with Crippen LogP contribution in [0.2, 0.25) is 0 Å². The van der Waals surface area contributed by atoms with E-state index in [1.807, 2.05) is 0 Å². The van der Waals surface area contributed by atoms with Gasteiger partial charge in [-0.15, -0.1) is 0 Å². The number of nitrogens with two attached hydrogens (primary N) is 1. The highest BCUT2D eigenvalue weighted by Gasteiger charge is 2.37. The summed E-state index contributed by atoms with van der Waals surface area (Å²) >= 11 is 0. The molecule has 1 aliphatic rings. The second kappa shape index (κ2) is 5.12. The molecule has 0 bridgehead atoms. The van der Waals surface area contributed by atoms with E-state index in [-0.39, 0.29) is 22.3 Å².